The van der Waals surface area contributed by atoms with Gasteiger partial charge in [-0.05, 0) is 30.3 Å². The van der Waals surface area contributed by atoms with Crippen molar-refractivity contribution in [1.29, 1.82) is 0 Å². The van der Waals surface area contributed by atoms with Crippen molar-refractivity contribution in [2.75, 3.05) is 13.2 Å². The summed E-state index contributed by atoms with van der Waals surface area (Å²) in [6, 6.07) is 11.0. The lowest BCUT2D eigenvalue weighted by molar-refractivity contribution is -0.120. The molecule has 1 atom stereocenters. The number of halogens is 1. The lowest BCUT2D eigenvalue weighted by Gasteiger charge is -2.14. The third kappa shape index (κ3) is 4.05. The molecule has 0 aliphatic carbocycles. The fourth-order valence-electron chi connectivity index (χ4n) is 2.08. The topological polar surface area (TPSA) is 75.1 Å². The van der Waals surface area contributed by atoms with Crippen molar-refractivity contribution in [3.63, 3.8) is 0 Å². The quantitative estimate of drug-likeness (QED) is 0.643. The van der Waals surface area contributed by atoms with Gasteiger partial charge in [-0.3, -0.25) is 9.78 Å². The first kappa shape index (κ1) is 17.2. The van der Waals surface area contributed by atoms with Gasteiger partial charge in [0.25, 0.3) is 0 Å². The summed E-state index contributed by atoms with van der Waals surface area (Å²) in [5, 5.41) is 11.7. The van der Waals surface area contributed by atoms with Gasteiger partial charge in [-0.1, -0.05) is 29.4 Å². The molecule has 1 unspecified atom stereocenters. The third-order valence-corrected chi connectivity index (χ3v) is 5.74. The van der Waals surface area contributed by atoms with Crippen LogP contribution in [0.25, 0.3) is 10.2 Å². The molecule has 2 N–H and O–H groups in total. The first-order chi connectivity index (χ1) is 11.7. The number of carbonyl (C=O) groups excluding carboxylic acids is 1. The van der Waals surface area contributed by atoms with E-state index in [1.54, 1.807) is 24.4 Å². The van der Waals surface area contributed by atoms with Gasteiger partial charge in [0.2, 0.25) is 5.91 Å². The number of fused-ring (bicyclic) bond motifs is 1. The first-order valence-corrected chi connectivity index (χ1v) is 9.27. The summed E-state index contributed by atoms with van der Waals surface area (Å²) >= 11 is 8.84. The molecule has 3 aromatic rings. The molecule has 0 spiro atoms. The Morgan fingerprint density at radius 1 is 1.38 bits per heavy atom. The van der Waals surface area contributed by atoms with Gasteiger partial charge in [-0.25, -0.2) is 4.98 Å². The summed E-state index contributed by atoms with van der Waals surface area (Å²) in [6.07, 6.45) is 1.65. The molecule has 2 aromatic heterocycles. The van der Waals surface area contributed by atoms with Crippen LogP contribution >= 0.6 is 34.7 Å². The van der Waals surface area contributed by atoms with E-state index in [0.717, 1.165) is 14.6 Å². The zero-order valence-electron chi connectivity index (χ0n) is 12.5. The molecule has 1 amide bonds. The number of thioether (sulfide) groups is 1. The molecular formula is C16H14ClN3O2S2. The molecule has 24 heavy (non-hydrogen) atoms. The summed E-state index contributed by atoms with van der Waals surface area (Å²) in [6.45, 7) is 0.100. The largest absolute Gasteiger partial charge is 0.395 e. The van der Waals surface area contributed by atoms with Gasteiger partial charge in [-0.2, -0.15) is 0 Å². The van der Waals surface area contributed by atoms with Crippen molar-refractivity contribution >= 4 is 50.8 Å². The average Bonchev–Trinajstić information content (AvgIpc) is 3.00. The average molecular weight is 380 g/mol. The van der Waals surface area contributed by atoms with Gasteiger partial charge in [0, 0.05) is 17.8 Å². The normalized spacial score (nSPS) is 12.2. The van der Waals surface area contributed by atoms with Crippen molar-refractivity contribution < 1.29 is 9.90 Å². The highest BCUT2D eigenvalue weighted by Crippen LogP contribution is 2.39. The minimum Gasteiger partial charge on any atom is -0.395 e. The fourth-order valence-corrected chi connectivity index (χ4v) is 4.48. The first-order valence-electron chi connectivity index (χ1n) is 7.19. The Hall–Kier alpha value is -1.67. The van der Waals surface area contributed by atoms with Crippen molar-refractivity contribution in [3.8, 4) is 0 Å². The zero-order chi connectivity index (χ0) is 16.9. The number of nitrogens with zero attached hydrogens (tertiary/aromatic N) is 2. The molecule has 5 nitrogen and oxygen atoms in total. The predicted octanol–water partition coefficient (Wildman–Crippen LogP) is 3.29. The van der Waals surface area contributed by atoms with E-state index >= 15 is 0 Å². The fraction of sp³-hybridized carbons (Fsp3) is 0.188. The number of benzene rings is 1. The minimum atomic E-state index is -0.534. The lowest BCUT2D eigenvalue weighted by atomic mass is 10.2. The van der Waals surface area contributed by atoms with Crippen molar-refractivity contribution in [1.82, 2.24) is 15.3 Å². The summed E-state index contributed by atoms with van der Waals surface area (Å²) in [5.41, 5.74) is 1.46. The summed E-state index contributed by atoms with van der Waals surface area (Å²) < 4.78 is 1.78. The van der Waals surface area contributed by atoms with E-state index in [-0.39, 0.29) is 19.1 Å². The highest BCUT2D eigenvalue weighted by molar-refractivity contribution is 8.02. The summed E-state index contributed by atoms with van der Waals surface area (Å²) in [5.74, 6) is -0.204. The molecule has 124 valence electrons. The second-order valence-electron chi connectivity index (χ2n) is 4.86. The molecule has 0 saturated carbocycles. The number of nitrogens with one attached hydrogen (secondary N) is 1. The third-order valence-electron chi connectivity index (χ3n) is 3.15. The van der Waals surface area contributed by atoms with Gasteiger partial charge in [-0.15, -0.1) is 11.3 Å². The van der Waals surface area contributed by atoms with Gasteiger partial charge < -0.3 is 10.4 Å². The Kier molecular flexibility index (Phi) is 5.68. The van der Waals surface area contributed by atoms with Crippen LogP contribution in [-0.4, -0.2) is 34.1 Å². The highest BCUT2D eigenvalue weighted by Gasteiger charge is 2.24. The van der Waals surface area contributed by atoms with E-state index in [2.05, 4.69) is 15.3 Å². The van der Waals surface area contributed by atoms with E-state index in [1.165, 1.54) is 23.1 Å². The van der Waals surface area contributed by atoms with Crippen LogP contribution < -0.4 is 5.32 Å². The van der Waals surface area contributed by atoms with Gasteiger partial charge in [0.15, 0.2) is 4.34 Å². The molecule has 0 bridgehead atoms. The number of amides is 1. The number of carbonyl (C=O) groups is 1. The summed E-state index contributed by atoms with van der Waals surface area (Å²) in [4.78, 5) is 21.3. The van der Waals surface area contributed by atoms with Gasteiger partial charge in [0.1, 0.15) is 5.25 Å². The maximum atomic E-state index is 12.4. The van der Waals surface area contributed by atoms with Crippen LogP contribution in [-0.2, 0) is 4.79 Å². The molecule has 0 aliphatic rings. The number of rotatable bonds is 6. The Morgan fingerprint density at radius 2 is 2.25 bits per heavy atom. The molecule has 3 rings (SSSR count). The van der Waals surface area contributed by atoms with Crippen LogP contribution in [0.15, 0.2) is 46.9 Å². The van der Waals surface area contributed by atoms with Crippen LogP contribution in [0, 0.1) is 0 Å². The van der Waals surface area contributed by atoms with Crippen molar-refractivity contribution in [3.05, 3.63) is 53.3 Å². The number of thiazole rings is 1. The Morgan fingerprint density at radius 3 is 3.00 bits per heavy atom. The van der Waals surface area contributed by atoms with E-state index in [9.17, 15) is 4.79 Å². The van der Waals surface area contributed by atoms with Crippen molar-refractivity contribution in [2.45, 2.75) is 9.59 Å². The molecule has 0 radical (unpaired) electrons. The molecular weight excluding hydrogens is 366 g/mol. The molecule has 8 heteroatoms. The maximum absolute atomic E-state index is 12.4. The van der Waals surface area contributed by atoms with Crippen molar-refractivity contribution in [2.24, 2.45) is 0 Å². The zero-order valence-corrected chi connectivity index (χ0v) is 14.9. The number of hydrogen-bond acceptors (Lipinski definition) is 6. The van der Waals surface area contributed by atoms with Crippen LogP contribution in [0.4, 0.5) is 0 Å². The number of pyridine rings is 1. The van der Waals surface area contributed by atoms with Crippen LogP contribution in [0.3, 0.4) is 0 Å². The molecule has 0 fully saturated rings. The second-order valence-corrected chi connectivity index (χ2v) is 7.68. The number of aliphatic hydroxyl groups excluding tert-OH is 1. The maximum Gasteiger partial charge on any atom is 0.239 e. The van der Waals surface area contributed by atoms with E-state index in [4.69, 9.17) is 16.7 Å². The van der Waals surface area contributed by atoms with Gasteiger partial charge >= 0.3 is 0 Å². The molecule has 2 heterocycles. The predicted molar refractivity (Wildman–Crippen MR) is 97.6 cm³/mol. The SMILES string of the molecule is O=C(NCCO)C(Sc1nc2cc(Cl)ccc2s1)c1ccccn1. The lowest BCUT2D eigenvalue weighted by Crippen LogP contribution is -2.30. The number of aliphatic hydroxyl groups is 1. The van der Waals surface area contributed by atoms with Crippen LogP contribution in [0.1, 0.15) is 10.9 Å². The van der Waals surface area contributed by atoms with E-state index in [1.807, 2.05) is 18.2 Å². The molecule has 1 aromatic carbocycles. The number of hydrogen-bond donors (Lipinski definition) is 2. The molecule has 0 saturated heterocycles. The second kappa shape index (κ2) is 7.94. The van der Waals surface area contributed by atoms with Gasteiger partial charge in [0.05, 0.1) is 22.5 Å². The Labute approximate surface area is 152 Å². The minimum absolute atomic E-state index is 0.106. The summed E-state index contributed by atoms with van der Waals surface area (Å²) in [7, 11) is 0. The highest BCUT2D eigenvalue weighted by atomic mass is 35.5. The Balaban J connectivity index is 1.88. The smallest absolute Gasteiger partial charge is 0.239 e. The monoisotopic (exact) mass is 379 g/mol. The van der Waals surface area contributed by atoms with Crippen LogP contribution in [0.2, 0.25) is 5.02 Å². The van der Waals surface area contributed by atoms with E-state index in [0.29, 0.717) is 10.7 Å². The molecule has 0 aliphatic heterocycles. The Bertz CT molecular complexity index is 842. The van der Waals surface area contributed by atoms with Crippen LogP contribution in [0.5, 0.6) is 0 Å². The standard InChI is InChI=1S/C16H14ClN3O2S2/c17-10-4-5-13-12(9-10)20-16(23-13)24-14(15(22)19-7-8-21)11-3-1-2-6-18-11/h1-6,9,14,21H,7-8H2,(H,19,22). The van der Waals surface area contributed by atoms with E-state index < -0.39 is 5.25 Å². The number of aromatic nitrogens is 2.